The van der Waals surface area contributed by atoms with Crippen LogP contribution in [0.2, 0.25) is 5.02 Å². The van der Waals surface area contributed by atoms with Crippen LogP contribution in [0.3, 0.4) is 0 Å². The molecule has 0 unspecified atom stereocenters. The predicted molar refractivity (Wildman–Crippen MR) is 85.4 cm³/mol. The van der Waals surface area contributed by atoms with Crippen molar-refractivity contribution in [3.8, 4) is 11.5 Å². The number of carbonyl (C=O) groups is 1. The summed E-state index contributed by atoms with van der Waals surface area (Å²) < 4.78 is 11.1. The van der Waals surface area contributed by atoms with Crippen molar-refractivity contribution in [3.05, 3.63) is 52.5 Å². The summed E-state index contributed by atoms with van der Waals surface area (Å²) in [5, 5.41) is 3.44. The maximum Gasteiger partial charge on any atom is 0.256 e. The topological polar surface area (TPSA) is 47.6 Å². The third-order valence-electron chi connectivity index (χ3n) is 3.64. The van der Waals surface area contributed by atoms with Crippen molar-refractivity contribution in [2.75, 3.05) is 18.5 Å². The molecule has 5 heteroatoms. The monoisotopic (exact) mass is 313 g/mol. The molecule has 0 aromatic heterocycles. The second kappa shape index (κ2) is 5.07. The summed E-state index contributed by atoms with van der Waals surface area (Å²) in [4.78, 5) is 12.2. The van der Waals surface area contributed by atoms with E-state index in [1.807, 2.05) is 24.3 Å². The molecule has 1 amide bonds. The Morgan fingerprint density at radius 3 is 2.73 bits per heavy atom. The summed E-state index contributed by atoms with van der Waals surface area (Å²) in [5.41, 5.74) is 3.06. The van der Waals surface area contributed by atoms with Gasteiger partial charge in [0.15, 0.2) is 11.5 Å². The minimum absolute atomic E-state index is 0.132. The van der Waals surface area contributed by atoms with E-state index < -0.39 is 0 Å². The maximum atomic E-state index is 12.2. The van der Waals surface area contributed by atoms with Crippen molar-refractivity contribution in [1.29, 1.82) is 0 Å². The highest BCUT2D eigenvalue weighted by Crippen LogP contribution is 2.36. The number of benzene rings is 2. The number of rotatable bonds is 1. The van der Waals surface area contributed by atoms with Gasteiger partial charge in [0.25, 0.3) is 5.91 Å². The van der Waals surface area contributed by atoms with Gasteiger partial charge in [-0.25, -0.2) is 0 Å². The minimum Gasteiger partial charge on any atom is -0.486 e. The van der Waals surface area contributed by atoms with Gasteiger partial charge in [0.05, 0.1) is 0 Å². The van der Waals surface area contributed by atoms with Crippen molar-refractivity contribution in [2.24, 2.45) is 0 Å². The van der Waals surface area contributed by atoms with Crippen LogP contribution in [-0.2, 0) is 4.79 Å². The molecule has 0 saturated heterocycles. The number of amides is 1. The predicted octanol–water partition coefficient (Wildman–Crippen LogP) is 3.60. The Balaban J connectivity index is 1.77. The molecule has 0 fully saturated rings. The highest BCUT2D eigenvalue weighted by Gasteiger charge is 2.24. The largest absolute Gasteiger partial charge is 0.486 e. The van der Waals surface area contributed by atoms with Crippen molar-refractivity contribution >= 4 is 34.8 Å². The van der Waals surface area contributed by atoms with E-state index in [9.17, 15) is 4.79 Å². The Hall–Kier alpha value is -2.46. The molecule has 0 aliphatic carbocycles. The Kier molecular flexibility index (Phi) is 3.05. The Labute approximate surface area is 132 Å². The van der Waals surface area contributed by atoms with E-state index in [1.54, 1.807) is 18.2 Å². The molecule has 4 rings (SSSR count). The van der Waals surface area contributed by atoms with Gasteiger partial charge >= 0.3 is 0 Å². The molecule has 0 radical (unpaired) electrons. The van der Waals surface area contributed by atoms with Crippen LogP contribution in [0.25, 0.3) is 11.6 Å². The van der Waals surface area contributed by atoms with Gasteiger partial charge in [0, 0.05) is 21.8 Å². The first-order chi connectivity index (χ1) is 10.7. The summed E-state index contributed by atoms with van der Waals surface area (Å²) in [5.74, 6) is 1.30. The standard InChI is InChI=1S/C17H12ClNO3/c18-11-2-3-14-12(9-11)13(17(20)19-14)7-10-1-4-15-16(8-10)22-6-5-21-15/h1-4,7-9H,5-6H2,(H,19,20)/b13-7+. The van der Waals surface area contributed by atoms with Crippen LogP contribution in [0.4, 0.5) is 5.69 Å². The fourth-order valence-corrected chi connectivity index (χ4v) is 2.79. The summed E-state index contributed by atoms with van der Waals surface area (Å²) in [6.45, 7) is 1.09. The second-order valence-electron chi connectivity index (χ2n) is 5.11. The van der Waals surface area contributed by atoms with E-state index >= 15 is 0 Å². The molecule has 1 N–H and O–H groups in total. The van der Waals surface area contributed by atoms with E-state index in [4.69, 9.17) is 21.1 Å². The molecule has 2 aliphatic rings. The van der Waals surface area contributed by atoms with Crippen LogP contribution >= 0.6 is 11.6 Å². The quantitative estimate of drug-likeness (QED) is 0.818. The number of hydrogen-bond donors (Lipinski definition) is 1. The zero-order chi connectivity index (χ0) is 15.1. The average molecular weight is 314 g/mol. The number of anilines is 1. The lowest BCUT2D eigenvalue weighted by Crippen LogP contribution is -2.15. The molecular formula is C17H12ClNO3. The van der Waals surface area contributed by atoms with Gasteiger partial charge in [-0.1, -0.05) is 17.7 Å². The SMILES string of the molecule is O=C1Nc2ccc(Cl)cc2/C1=C\c1ccc2c(c1)OCCO2. The highest BCUT2D eigenvalue weighted by atomic mass is 35.5. The van der Waals surface area contributed by atoms with E-state index in [-0.39, 0.29) is 5.91 Å². The average Bonchev–Trinajstić information content (AvgIpc) is 2.83. The lowest BCUT2D eigenvalue weighted by Gasteiger charge is -2.18. The van der Waals surface area contributed by atoms with Crippen molar-refractivity contribution < 1.29 is 14.3 Å². The third-order valence-corrected chi connectivity index (χ3v) is 3.88. The zero-order valence-electron chi connectivity index (χ0n) is 11.6. The lowest BCUT2D eigenvalue weighted by atomic mass is 10.0. The minimum atomic E-state index is -0.132. The van der Waals surface area contributed by atoms with Crippen LogP contribution in [-0.4, -0.2) is 19.1 Å². The number of fused-ring (bicyclic) bond motifs is 2. The first-order valence-electron chi connectivity index (χ1n) is 6.93. The molecule has 2 heterocycles. The van der Waals surface area contributed by atoms with Gasteiger partial charge < -0.3 is 14.8 Å². The molecule has 110 valence electrons. The van der Waals surface area contributed by atoms with Gasteiger partial charge in [0.1, 0.15) is 13.2 Å². The summed E-state index contributed by atoms with van der Waals surface area (Å²) in [7, 11) is 0. The van der Waals surface area contributed by atoms with Gasteiger partial charge in [-0.2, -0.15) is 0 Å². The fraction of sp³-hybridized carbons (Fsp3) is 0.118. The molecule has 22 heavy (non-hydrogen) atoms. The molecule has 2 aromatic carbocycles. The molecular weight excluding hydrogens is 302 g/mol. The van der Waals surface area contributed by atoms with Crippen LogP contribution in [0.15, 0.2) is 36.4 Å². The van der Waals surface area contributed by atoms with Gasteiger partial charge in [-0.05, 0) is 42.0 Å². The molecule has 4 nitrogen and oxygen atoms in total. The Morgan fingerprint density at radius 2 is 1.86 bits per heavy atom. The van der Waals surface area contributed by atoms with Crippen LogP contribution in [0, 0.1) is 0 Å². The van der Waals surface area contributed by atoms with Crippen molar-refractivity contribution in [3.63, 3.8) is 0 Å². The van der Waals surface area contributed by atoms with Crippen LogP contribution < -0.4 is 14.8 Å². The number of carbonyl (C=O) groups excluding carboxylic acids is 1. The molecule has 0 spiro atoms. The first-order valence-corrected chi connectivity index (χ1v) is 7.31. The molecule has 0 bridgehead atoms. The molecule has 0 saturated carbocycles. The van der Waals surface area contributed by atoms with E-state index in [0.717, 1.165) is 22.6 Å². The molecule has 0 atom stereocenters. The van der Waals surface area contributed by atoms with Crippen molar-refractivity contribution in [1.82, 2.24) is 0 Å². The van der Waals surface area contributed by atoms with E-state index in [2.05, 4.69) is 5.32 Å². The van der Waals surface area contributed by atoms with Crippen LogP contribution in [0.1, 0.15) is 11.1 Å². The van der Waals surface area contributed by atoms with Gasteiger partial charge in [0.2, 0.25) is 0 Å². The van der Waals surface area contributed by atoms with E-state index in [1.165, 1.54) is 0 Å². The third kappa shape index (κ3) is 2.22. The Bertz CT molecular complexity index is 814. The summed E-state index contributed by atoms with van der Waals surface area (Å²) in [6, 6.07) is 11.0. The van der Waals surface area contributed by atoms with Crippen LogP contribution in [0.5, 0.6) is 11.5 Å². The number of nitrogens with one attached hydrogen (secondary N) is 1. The van der Waals surface area contributed by atoms with Gasteiger partial charge in [-0.3, -0.25) is 4.79 Å². The Morgan fingerprint density at radius 1 is 1.05 bits per heavy atom. The number of hydrogen-bond acceptors (Lipinski definition) is 3. The maximum absolute atomic E-state index is 12.2. The second-order valence-corrected chi connectivity index (χ2v) is 5.54. The van der Waals surface area contributed by atoms with Crippen molar-refractivity contribution in [2.45, 2.75) is 0 Å². The smallest absolute Gasteiger partial charge is 0.256 e. The number of halogens is 1. The van der Waals surface area contributed by atoms with Gasteiger partial charge in [-0.15, -0.1) is 0 Å². The molecule has 2 aromatic rings. The summed E-state index contributed by atoms with van der Waals surface area (Å²) >= 11 is 6.03. The normalized spacial score (nSPS) is 17.3. The lowest BCUT2D eigenvalue weighted by molar-refractivity contribution is -0.110. The first kappa shape index (κ1) is 13.2. The zero-order valence-corrected chi connectivity index (χ0v) is 12.3. The molecule has 2 aliphatic heterocycles. The van der Waals surface area contributed by atoms with E-state index in [0.29, 0.717) is 29.6 Å². The summed E-state index contributed by atoms with van der Waals surface area (Å²) in [6.07, 6.45) is 1.83. The fourth-order valence-electron chi connectivity index (χ4n) is 2.62. The highest BCUT2D eigenvalue weighted by molar-refractivity contribution is 6.36. The number of ether oxygens (including phenoxy) is 2.